The van der Waals surface area contributed by atoms with Gasteiger partial charge in [0.1, 0.15) is 18.8 Å². The summed E-state index contributed by atoms with van der Waals surface area (Å²) in [6, 6.07) is 8.49. The van der Waals surface area contributed by atoms with Gasteiger partial charge in [0.15, 0.2) is 0 Å². The summed E-state index contributed by atoms with van der Waals surface area (Å²) in [6.07, 6.45) is 5.26. The summed E-state index contributed by atoms with van der Waals surface area (Å²) in [5.74, 6) is 0.851. The number of hydrogen-bond acceptors (Lipinski definition) is 7. The van der Waals surface area contributed by atoms with Crippen molar-refractivity contribution in [1.29, 1.82) is 0 Å². The number of piperazine rings is 1. The Morgan fingerprint density at radius 1 is 1.13 bits per heavy atom. The Hall–Kier alpha value is -3.75. The summed E-state index contributed by atoms with van der Waals surface area (Å²) >= 11 is 0. The minimum absolute atomic E-state index is 0.0752. The summed E-state index contributed by atoms with van der Waals surface area (Å²) in [7, 11) is 1.92. The fourth-order valence-corrected chi connectivity index (χ4v) is 4.50. The van der Waals surface area contributed by atoms with Crippen molar-refractivity contribution in [2.45, 2.75) is 12.6 Å². The van der Waals surface area contributed by atoms with Gasteiger partial charge in [-0.05, 0) is 17.2 Å². The van der Waals surface area contributed by atoms with Crippen molar-refractivity contribution in [3.05, 3.63) is 59.8 Å². The second-order valence-electron chi connectivity index (χ2n) is 8.07. The van der Waals surface area contributed by atoms with E-state index in [2.05, 4.69) is 38.2 Å². The number of aliphatic imine (C=N–C) groups is 1. The fraction of sp³-hybridized carbons (Fsp3) is 0.318. The lowest BCUT2D eigenvalue weighted by molar-refractivity contribution is 0.157. The molecule has 1 atom stereocenters. The monoisotopic (exact) mass is 415 g/mol. The standard InChI is InChI=1S/C22H21N7O2/c1-27-10-16(9-26-27)14-2-3-15-8-23-21(18(15)6-14)19-7-20(25-13-24-19)28-4-5-29-17(11-28)12-31-22(29)30/h2-3,6-7,9-10,13,17H,4-5,8,11-12H2,1H3. The minimum Gasteiger partial charge on any atom is -0.447 e. The van der Waals surface area contributed by atoms with Crippen LogP contribution in [0.3, 0.4) is 0 Å². The molecule has 3 aliphatic rings. The van der Waals surface area contributed by atoms with Crippen LogP contribution < -0.4 is 4.90 Å². The lowest BCUT2D eigenvalue weighted by Gasteiger charge is -2.36. The first-order valence-corrected chi connectivity index (χ1v) is 10.3. The molecule has 2 fully saturated rings. The fourth-order valence-electron chi connectivity index (χ4n) is 4.50. The molecular weight excluding hydrogens is 394 g/mol. The van der Waals surface area contributed by atoms with Crippen molar-refractivity contribution in [3.8, 4) is 11.1 Å². The second-order valence-corrected chi connectivity index (χ2v) is 8.07. The van der Waals surface area contributed by atoms with Gasteiger partial charge in [-0.25, -0.2) is 14.8 Å². The molecule has 0 N–H and O–H groups in total. The highest BCUT2D eigenvalue weighted by atomic mass is 16.6. The van der Waals surface area contributed by atoms with Crippen molar-refractivity contribution < 1.29 is 9.53 Å². The molecule has 31 heavy (non-hydrogen) atoms. The van der Waals surface area contributed by atoms with Gasteiger partial charge in [-0.2, -0.15) is 5.10 Å². The Morgan fingerprint density at radius 3 is 2.94 bits per heavy atom. The van der Waals surface area contributed by atoms with Crippen LogP contribution in [0.5, 0.6) is 0 Å². The van der Waals surface area contributed by atoms with E-state index in [1.807, 2.05) is 25.5 Å². The van der Waals surface area contributed by atoms with Gasteiger partial charge >= 0.3 is 6.09 Å². The average Bonchev–Trinajstić information content (AvgIpc) is 3.52. The third-order valence-electron chi connectivity index (χ3n) is 6.15. The molecule has 0 bridgehead atoms. The van der Waals surface area contributed by atoms with E-state index in [1.165, 1.54) is 5.56 Å². The van der Waals surface area contributed by atoms with Gasteiger partial charge < -0.3 is 9.64 Å². The third kappa shape index (κ3) is 3.04. The number of fused-ring (bicyclic) bond motifs is 2. The molecule has 3 aromatic rings. The maximum Gasteiger partial charge on any atom is 0.410 e. The Bertz CT molecular complexity index is 1220. The number of aryl methyl sites for hydroxylation is 1. The molecule has 1 unspecified atom stereocenters. The van der Waals surface area contributed by atoms with Crippen LogP contribution in [-0.2, 0) is 18.3 Å². The van der Waals surface area contributed by atoms with Gasteiger partial charge in [0.2, 0.25) is 0 Å². The number of amides is 1. The molecule has 2 saturated heterocycles. The molecule has 5 heterocycles. The lowest BCUT2D eigenvalue weighted by atomic mass is 9.98. The van der Waals surface area contributed by atoms with Gasteiger partial charge in [-0.3, -0.25) is 14.6 Å². The number of nitrogens with zero attached hydrogens (tertiary/aromatic N) is 7. The van der Waals surface area contributed by atoms with Gasteiger partial charge in [0, 0.05) is 50.1 Å². The number of ether oxygens (including phenoxy) is 1. The maximum atomic E-state index is 11.8. The Morgan fingerprint density at radius 2 is 2.06 bits per heavy atom. The van der Waals surface area contributed by atoms with Gasteiger partial charge in [0.25, 0.3) is 0 Å². The molecule has 0 spiro atoms. The molecule has 156 valence electrons. The molecule has 0 saturated carbocycles. The Labute approximate surface area is 179 Å². The quantitative estimate of drug-likeness (QED) is 0.649. The molecule has 1 aromatic carbocycles. The van der Waals surface area contributed by atoms with Crippen LogP contribution in [0.15, 0.2) is 48.0 Å². The zero-order chi connectivity index (χ0) is 20.9. The topological polar surface area (TPSA) is 88.7 Å². The van der Waals surface area contributed by atoms with E-state index < -0.39 is 0 Å². The zero-order valence-electron chi connectivity index (χ0n) is 17.1. The summed E-state index contributed by atoms with van der Waals surface area (Å²) in [6.45, 7) is 3.15. The summed E-state index contributed by atoms with van der Waals surface area (Å²) in [5.41, 5.74) is 6.18. The van der Waals surface area contributed by atoms with Crippen LogP contribution in [0, 0.1) is 0 Å². The molecular formula is C22H21N7O2. The zero-order valence-corrected chi connectivity index (χ0v) is 17.1. The van der Waals surface area contributed by atoms with Gasteiger partial charge in [-0.1, -0.05) is 12.1 Å². The van der Waals surface area contributed by atoms with E-state index in [0.29, 0.717) is 26.2 Å². The maximum absolute atomic E-state index is 11.8. The molecule has 6 rings (SSSR count). The van der Waals surface area contributed by atoms with E-state index in [9.17, 15) is 4.79 Å². The van der Waals surface area contributed by atoms with Crippen molar-refractivity contribution in [3.63, 3.8) is 0 Å². The molecule has 2 aromatic heterocycles. The highest BCUT2D eigenvalue weighted by Gasteiger charge is 2.37. The number of carbonyl (C=O) groups excluding carboxylic acids is 1. The number of aromatic nitrogens is 4. The normalized spacial score (nSPS) is 19.8. The molecule has 9 heteroatoms. The first-order valence-electron chi connectivity index (χ1n) is 10.3. The van der Waals surface area contributed by atoms with E-state index in [1.54, 1.807) is 15.9 Å². The summed E-state index contributed by atoms with van der Waals surface area (Å²) < 4.78 is 6.98. The van der Waals surface area contributed by atoms with Crippen molar-refractivity contribution in [1.82, 2.24) is 24.6 Å². The van der Waals surface area contributed by atoms with Crippen molar-refractivity contribution in [2.75, 3.05) is 31.1 Å². The van der Waals surface area contributed by atoms with Crippen molar-refractivity contribution in [2.24, 2.45) is 12.0 Å². The van der Waals surface area contributed by atoms with E-state index in [0.717, 1.165) is 40.5 Å². The average molecular weight is 415 g/mol. The predicted molar refractivity (Wildman–Crippen MR) is 114 cm³/mol. The van der Waals surface area contributed by atoms with Crippen LogP contribution >= 0.6 is 0 Å². The largest absolute Gasteiger partial charge is 0.447 e. The molecule has 9 nitrogen and oxygen atoms in total. The van der Waals surface area contributed by atoms with Crippen LogP contribution in [0.25, 0.3) is 11.1 Å². The summed E-state index contributed by atoms with van der Waals surface area (Å²) in [5, 5.41) is 4.28. The van der Waals surface area contributed by atoms with Crippen molar-refractivity contribution >= 4 is 17.6 Å². The van der Waals surface area contributed by atoms with Gasteiger partial charge in [0.05, 0.1) is 30.2 Å². The first kappa shape index (κ1) is 18.1. The van der Waals surface area contributed by atoms with Crippen LogP contribution in [0.1, 0.15) is 16.8 Å². The SMILES string of the molecule is Cn1cc(-c2ccc3c(c2)C(c2cc(N4CCN5C(=O)OCC5C4)ncn2)=NC3)cn1. The molecule has 3 aliphatic heterocycles. The predicted octanol–water partition coefficient (Wildman–Crippen LogP) is 1.87. The number of anilines is 1. The van der Waals surface area contributed by atoms with Crippen LogP contribution in [-0.4, -0.2) is 68.7 Å². The molecule has 0 aliphatic carbocycles. The molecule has 1 amide bonds. The van der Waals surface area contributed by atoms with Crippen LogP contribution in [0.4, 0.5) is 10.6 Å². The number of benzene rings is 1. The third-order valence-corrected chi connectivity index (χ3v) is 6.15. The number of carbonyl (C=O) groups is 1. The lowest BCUT2D eigenvalue weighted by Crippen LogP contribution is -2.52. The minimum atomic E-state index is -0.214. The Kier molecular flexibility index (Phi) is 4.02. The van der Waals surface area contributed by atoms with Gasteiger partial charge in [-0.15, -0.1) is 0 Å². The highest BCUT2D eigenvalue weighted by molar-refractivity contribution is 6.14. The smallest absolute Gasteiger partial charge is 0.410 e. The van der Waals surface area contributed by atoms with E-state index in [-0.39, 0.29) is 12.1 Å². The number of cyclic esters (lactones) is 1. The molecule has 0 radical (unpaired) electrons. The first-order chi connectivity index (χ1) is 15.2. The van der Waals surface area contributed by atoms with Crippen LogP contribution in [0.2, 0.25) is 0 Å². The highest BCUT2D eigenvalue weighted by Crippen LogP contribution is 2.29. The number of hydrogen-bond donors (Lipinski definition) is 0. The summed E-state index contributed by atoms with van der Waals surface area (Å²) in [4.78, 5) is 29.6. The Balaban J connectivity index is 1.29. The number of rotatable bonds is 3. The second kappa shape index (κ2) is 6.90. The van der Waals surface area contributed by atoms with E-state index in [4.69, 9.17) is 9.73 Å². The van der Waals surface area contributed by atoms with E-state index >= 15 is 0 Å².